The number of phosphoric acid groups is 3. The Morgan fingerprint density at radius 2 is 1.84 bits per heavy atom. The number of hydrogen-bond acceptors (Lipinski definition) is 16. The molecule has 0 aliphatic carbocycles. The predicted octanol–water partition coefficient (Wildman–Crippen LogP) is -4.23. The van der Waals surface area contributed by atoms with Gasteiger partial charge >= 0.3 is 0 Å². The Morgan fingerprint density at radius 1 is 1.19 bits per heavy atom. The molecule has 1 aliphatic rings. The van der Waals surface area contributed by atoms with Crippen LogP contribution in [0, 0.1) is 0 Å². The van der Waals surface area contributed by atoms with Gasteiger partial charge in [0.05, 0.1) is 12.9 Å². The smallest absolute Gasteiger partial charge is 0.280 e. The number of ether oxygens (including phenoxy) is 1. The summed E-state index contributed by atoms with van der Waals surface area (Å²) in [6.07, 6.45) is -5.57. The molecule has 3 rings (SSSR count). The molecule has 2 aromatic rings. The Labute approximate surface area is 175 Å². The molecule has 32 heavy (non-hydrogen) atoms. The Bertz CT molecular complexity index is 1210. The van der Waals surface area contributed by atoms with E-state index in [-0.39, 0.29) is 17.1 Å². The summed E-state index contributed by atoms with van der Waals surface area (Å²) in [4.78, 5) is 63.2. The molecule has 3 heterocycles. The molecule has 0 saturated carbocycles. The number of nitrogens with one attached hydrogen (secondary N) is 1. The molecule has 180 valence electrons. The van der Waals surface area contributed by atoms with E-state index in [2.05, 4.69) is 28.1 Å². The van der Waals surface area contributed by atoms with Crippen molar-refractivity contribution in [2.75, 3.05) is 12.3 Å². The topological polar surface area (TPSA) is 308 Å². The molecular weight excluding hydrogens is 507 g/mol. The summed E-state index contributed by atoms with van der Waals surface area (Å²) < 4.78 is 50.3. The number of phosphoric ester groups is 1. The summed E-state index contributed by atoms with van der Waals surface area (Å²) in [5.41, 5.74) is 4.41. The van der Waals surface area contributed by atoms with E-state index in [1.54, 1.807) is 0 Å². The molecule has 22 heteroatoms. The minimum absolute atomic E-state index is 0.141. The average molecular weight is 520 g/mol. The number of hydrogen-bond donors (Lipinski definition) is 5. The molecule has 1 fully saturated rings. The van der Waals surface area contributed by atoms with Crippen molar-refractivity contribution in [1.82, 2.24) is 19.5 Å². The Balaban J connectivity index is 1.72. The molecule has 7 atom stereocenters. The normalized spacial score (nSPS) is 29.4. The Morgan fingerprint density at radius 3 is 2.47 bits per heavy atom. The number of aromatic nitrogens is 4. The molecule has 2 aromatic heterocycles. The van der Waals surface area contributed by atoms with Crippen LogP contribution in [0.5, 0.6) is 0 Å². The van der Waals surface area contributed by atoms with Crippen LogP contribution in [-0.4, -0.2) is 59.5 Å². The van der Waals surface area contributed by atoms with E-state index in [0.717, 1.165) is 10.9 Å². The van der Waals surface area contributed by atoms with E-state index in [1.807, 2.05) is 0 Å². The van der Waals surface area contributed by atoms with E-state index in [1.165, 1.54) is 0 Å². The number of aromatic amines is 1. The first kappa shape index (κ1) is 25.1. The van der Waals surface area contributed by atoms with Crippen LogP contribution in [0.25, 0.3) is 11.2 Å². The van der Waals surface area contributed by atoms with E-state index < -0.39 is 60.2 Å². The number of fused-ring (bicyclic) bond motifs is 1. The molecule has 1 aliphatic heterocycles. The standard InChI is InChI=1S/C10H16N5O14P3/c11-10-13-7-4(8(18)14-10)12-2-15(7)9-6(17)5(16)3(27-9)1-26-31(22,23)29-32(24,25)28-30(19,20)21/h2-3,5-6,9,16-17H,1H2,(H,22,23)(H,24,25)(H2,19,20,21)(H3,11,13,14,18)/p-3/t3-,5-,6-,9-/m1/s1. The van der Waals surface area contributed by atoms with Crippen molar-refractivity contribution in [2.24, 2.45) is 0 Å². The third kappa shape index (κ3) is 5.67. The highest BCUT2D eigenvalue weighted by Gasteiger charge is 2.45. The van der Waals surface area contributed by atoms with Gasteiger partial charge in [-0.1, -0.05) is 0 Å². The van der Waals surface area contributed by atoms with Gasteiger partial charge in [0.2, 0.25) is 5.95 Å². The minimum Gasteiger partial charge on any atom is -0.756 e. The maximum Gasteiger partial charge on any atom is 0.280 e. The van der Waals surface area contributed by atoms with Crippen LogP contribution in [0.1, 0.15) is 6.23 Å². The highest BCUT2D eigenvalue weighted by Crippen LogP contribution is 2.61. The molecule has 6 N–H and O–H groups in total. The van der Waals surface area contributed by atoms with Gasteiger partial charge in [0, 0.05) is 0 Å². The summed E-state index contributed by atoms with van der Waals surface area (Å²) in [5, 5.41) is 20.3. The SMILES string of the molecule is Nc1nc2c(ncn2[C@@H]2O[C@H](COP(=O)([O-])OP(=O)([O-])OP(=O)([O-])O)[C@@H](O)[C@H]2O)c(=O)[nH]1. The van der Waals surface area contributed by atoms with E-state index in [4.69, 9.17) is 15.4 Å². The fourth-order valence-corrected chi connectivity index (χ4v) is 5.57. The molecular formula is C10H13N5O14P3-3. The molecule has 0 aromatic carbocycles. The van der Waals surface area contributed by atoms with Gasteiger partial charge in [-0.3, -0.25) is 28.0 Å². The van der Waals surface area contributed by atoms with Crippen molar-refractivity contribution in [1.29, 1.82) is 0 Å². The zero-order valence-corrected chi connectivity index (χ0v) is 17.9. The average Bonchev–Trinajstić information content (AvgIpc) is 3.12. The summed E-state index contributed by atoms with van der Waals surface area (Å²) in [6, 6.07) is 0. The van der Waals surface area contributed by atoms with Gasteiger partial charge in [-0.2, -0.15) is 4.98 Å². The second kappa shape index (κ2) is 8.66. The number of imidazole rings is 1. The van der Waals surface area contributed by atoms with Crippen LogP contribution in [0.15, 0.2) is 11.1 Å². The van der Waals surface area contributed by atoms with Crippen molar-refractivity contribution < 1.29 is 61.4 Å². The molecule has 0 radical (unpaired) electrons. The number of nitrogen functional groups attached to an aromatic ring is 1. The van der Waals surface area contributed by atoms with Crippen molar-refractivity contribution >= 4 is 40.6 Å². The van der Waals surface area contributed by atoms with Crippen molar-refractivity contribution in [3.05, 3.63) is 16.7 Å². The van der Waals surface area contributed by atoms with E-state index in [9.17, 15) is 43.4 Å². The number of anilines is 1. The number of aliphatic hydroxyl groups excluding tert-OH is 2. The molecule has 3 unspecified atom stereocenters. The zero-order valence-electron chi connectivity index (χ0n) is 15.2. The van der Waals surface area contributed by atoms with Gasteiger partial charge in [0.1, 0.15) is 18.3 Å². The molecule has 0 spiro atoms. The van der Waals surface area contributed by atoms with Gasteiger partial charge in [-0.15, -0.1) is 0 Å². The van der Waals surface area contributed by atoms with Gasteiger partial charge in [0.25, 0.3) is 29.0 Å². The Hall–Kier alpha value is -1.56. The van der Waals surface area contributed by atoms with E-state index >= 15 is 0 Å². The van der Waals surface area contributed by atoms with Gasteiger partial charge in [-0.05, 0) is 0 Å². The third-order valence-electron chi connectivity index (χ3n) is 3.86. The fourth-order valence-electron chi connectivity index (χ4n) is 2.68. The lowest BCUT2D eigenvalue weighted by atomic mass is 10.1. The van der Waals surface area contributed by atoms with Crippen molar-refractivity contribution in [2.45, 2.75) is 24.5 Å². The van der Waals surface area contributed by atoms with Crippen LogP contribution in [0.2, 0.25) is 0 Å². The fraction of sp³-hybridized carbons (Fsp3) is 0.500. The second-order valence-electron chi connectivity index (χ2n) is 6.14. The predicted molar refractivity (Wildman–Crippen MR) is 91.6 cm³/mol. The first-order valence-corrected chi connectivity index (χ1v) is 12.5. The highest BCUT2D eigenvalue weighted by atomic mass is 31.3. The van der Waals surface area contributed by atoms with Crippen LogP contribution >= 0.6 is 23.5 Å². The monoisotopic (exact) mass is 520 g/mol. The second-order valence-corrected chi connectivity index (χ2v) is 10.4. The Kier molecular flexibility index (Phi) is 6.78. The molecule has 0 amide bonds. The molecule has 19 nitrogen and oxygen atoms in total. The largest absolute Gasteiger partial charge is 0.756 e. The van der Waals surface area contributed by atoms with Gasteiger partial charge in [0.15, 0.2) is 17.4 Å². The summed E-state index contributed by atoms with van der Waals surface area (Å²) >= 11 is 0. The third-order valence-corrected chi connectivity index (χ3v) is 7.55. The maximum absolute atomic E-state index is 11.8. The van der Waals surface area contributed by atoms with Crippen LogP contribution in [0.4, 0.5) is 5.95 Å². The lowest BCUT2D eigenvalue weighted by Crippen LogP contribution is -2.34. The van der Waals surface area contributed by atoms with Crippen LogP contribution < -0.4 is 26.0 Å². The van der Waals surface area contributed by atoms with Gasteiger partial charge in [-0.25, -0.2) is 13.6 Å². The van der Waals surface area contributed by atoms with Gasteiger partial charge < -0.3 is 44.8 Å². The number of nitrogens with zero attached hydrogens (tertiary/aromatic N) is 3. The van der Waals surface area contributed by atoms with Crippen molar-refractivity contribution in [3.63, 3.8) is 0 Å². The summed E-state index contributed by atoms with van der Waals surface area (Å²) in [7, 11) is -17.8. The number of rotatable bonds is 8. The molecule has 1 saturated heterocycles. The van der Waals surface area contributed by atoms with Crippen LogP contribution in [0.3, 0.4) is 0 Å². The molecule has 0 bridgehead atoms. The first-order chi connectivity index (χ1) is 14.6. The summed E-state index contributed by atoms with van der Waals surface area (Å²) in [6.45, 7) is -1.12. The lowest BCUT2D eigenvalue weighted by molar-refractivity contribution is -0.250. The number of H-pyrrole nitrogens is 1. The van der Waals surface area contributed by atoms with E-state index in [0.29, 0.717) is 0 Å². The minimum atomic E-state index is -6.11. The lowest BCUT2D eigenvalue weighted by Gasteiger charge is -2.33. The number of nitrogens with two attached hydrogens (primary N) is 1. The van der Waals surface area contributed by atoms with Crippen LogP contribution in [-0.2, 0) is 31.6 Å². The zero-order chi connectivity index (χ0) is 24.1. The van der Waals surface area contributed by atoms with Crippen molar-refractivity contribution in [3.8, 4) is 0 Å². The summed E-state index contributed by atoms with van der Waals surface area (Å²) in [5.74, 6) is -0.295. The number of aliphatic hydroxyl groups is 2. The maximum atomic E-state index is 11.8. The quantitative estimate of drug-likeness (QED) is 0.206. The highest BCUT2D eigenvalue weighted by molar-refractivity contribution is 7.65. The first-order valence-electron chi connectivity index (χ1n) is 8.05.